The molecule has 0 atom stereocenters. The van der Waals surface area contributed by atoms with Crippen LogP contribution >= 0.6 is 0 Å². The van der Waals surface area contributed by atoms with Gasteiger partial charge in [-0.3, -0.25) is 4.79 Å². The molecule has 0 fully saturated rings. The highest BCUT2D eigenvalue weighted by atomic mass is 16.5. The molecule has 0 saturated carbocycles. The Morgan fingerprint density at radius 1 is 1.83 bits per heavy atom. The van der Waals surface area contributed by atoms with Gasteiger partial charge < -0.3 is 4.74 Å². The first-order valence-electron chi connectivity index (χ1n) is 1.43. The fourth-order valence-electron chi connectivity index (χ4n) is 0.0830. The van der Waals surface area contributed by atoms with Crippen LogP contribution in [0.15, 0.2) is 0 Å². The number of carbonyl (C=O) groups is 1. The second-order valence-corrected chi connectivity index (χ2v) is 0.566. The highest BCUT2D eigenvalue weighted by molar-refractivity contribution is 5.39. The van der Waals surface area contributed by atoms with Gasteiger partial charge in [0.05, 0.1) is 0 Å². The zero-order valence-corrected chi connectivity index (χ0v) is 3.39. The van der Waals surface area contributed by atoms with Gasteiger partial charge in [-0.1, -0.05) is 5.92 Å². The van der Waals surface area contributed by atoms with Crippen LogP contribution in [-0.2, 0) is 9.53 Å². The first-order chi connectivity index (χ1) is 2.91. The first kappa shape index (κ1) is 5.03. The molecule has 0 aromatic carbocycles. The standard InChI is InChI=1S/C4H4O2/c1-2-3-6-4-5/h4H,1H3. The molecule has 0 N–H and O–H groups in total. The molecular formula is C4H4O2. The van der Waals surface area contributed by atoms with Gasteiger partial charge in [-0.2, -0.15) is 0 Å². The van der Waals surface area contributed by atoms with Gasteiger partial charge in [0.25, 0.3) is 0 Å². The Labute approximate surface area is 36.1 Å². The third-order valence-corrected chi connectivity index (χ3v) is 0.209. The Balaban J connectivity index is 3.00. The molecule has 0 unspecified atom stereocenters. The van der Waals surface area contributed by atoms with Crippen LogP contribution in [0.5, 0.6) is 0 Å². The van der Waals surface area contributed by atoms with Crippen LogP contribution in [0.25, 0.3) is 0 Å². The Morgan fingerprint density at radius 2 is 2.50 bits per heavy atom. The third-order valence-electron chi connectivity index (χ3n) is 0.209. The van der Waals surface area contributed by atoms with Crippen LogP contribution < -0.4 is 0 Å². The van der Waals surface area contributed by atoms with Crippen LogP contribution in [0.2, 0.25) is 0 Å². The van der Waals surface area contributed by atoms with Crippen molar-refractivity contribution in [2.45, 2.75) is 6.92 Å². The van der Waals surface area contributed by atoms with E-state index >= 15 is 0 Å². The summed E-state index contributed by atoms with van der Waals surface area (Å²) in [4.78, 5) is 9.24. The zero-order valence-electron chi connectivity index (χ0n) is 3.39. The van der Waals surface area contributed by atoms with Crippen molar-refractivity contribution in [2.75, 3.05) is 0 Å². The molecule has 0 aliphatic heterocycles. The number of rotatable bonds is 1. The summed E-state index contributed by atoms with van der Waals surface area (Å²) in [5, 5.41) is 0. The van der Waals surface area contributed by atoms with E-state index in [1.54, 1.807) is 6.92 Å². The lowest BCUT2D eigenvalue weighted by molar-refractivity contribution is -0.122. The summed E-state index contributed by atoms with van der Waals surface area (Å²) in [6, 6.07) is 0. The van der Waals surface area contributed by atoms with Gasteiger partial charge >= 0.3 is 6.47 Å². The minimum Gasteiger partial charge on any atom is -0.375 e. The van der Waals surface area contributed by atoms with E-state index in [4.69, 9.17) is 0 Å². The molecule has 0 aliphatic rings. The molecule has 0 saturated heterocycles. The maximum absolute atomic E-state index is 9.24. The largest absolute Gasteiger partial charge is 0.375 e. The minimum atomic E-state index is 0.288. The quantitative estimate of drug-likeness (QED) is 0.333. The summed E-state index contributed by atoms with van der Waals surface area (Å²) in [6.45, 7) is 1.88. The lowest BCUT2D eigenvalue weighted by Crippen LogP contribution is -1.69. The summed E-state index contributed by atoms with van der Waals surface area (Å²) in [7, 11) is 0. The summed E-state index contributed by atoms with van der Waals surface area (Å²) < 4.78 is 3.94. The molecule has 0 radical (unpaired) electrons. The van der Waals surface area contributed by atoms with Crippen molar-refractivity contribution in [1.29, 1.82) is 0 Å². The smallest absolute Gasteiger partial charge is 0.307 e. The minimum absolute atomic E-state index is 0.288. The first-order valence-corrected chi connectivity index (χ1v) is 1.43. The number of ether oxygens (including phenoxy) is 1. The van der Waals surface area contributed by atoms with Crippen molar-refractivity contribution >= 4 is 6.47 Å². The molecule has 2 heteroatoms. The van der Waals surface area contributed by atoms with Gasteiger partial charge in [-0.15, -0.1) is 0 Å². The van der Waals surface area contributed by atoms with E-state index in [0.717, 1.165) is 0 Å². The van der Waals surface area contributed by atoms with Gasteiger partial charge in [0, 0.05) is 6.92 Å². The van der Waals surface area contributed by atoms with E-state index in [1.807, 2.05) is 0 Å². The predicted octanol–water partition coefficient (Wildman–Crippen LogP) is 0.140. The van der Waals surface area contributed by atoms with E-state index in [9.17, 15) is 4.79 Å². The fraction of sp³-hybridized carbons (Fsp3) is 0.250. The van der Waals surface area contributed by atoms with Crippen LogP contribution in [0.1, 0.15) is 6.92 Å². The van der Waals surface area contributed by atoms with Gasteiger partial charge in [0.15, 0.2) is 0 Å². The molecule has 0 aliphatic carbocycles. The van der Waals surface area contributed by atoms with Crippen molar-refractivity contribution in [3.05, 3.63) is 0 Å². The van der Waals surface area contributed by atoms with Gasteiger partial charge in [0.1, 0.15) is 6.11 Å². The number of hydrogen-bond donors (Lipinski definition) is 0. The van der Waals surface area contributed by atoms with Crippen molar-refractivity contribution < 1.29 is 9.53 Å². The fourth-order valence-corrected chi connectivity index (χ4v) is 0.0830. The zero-order chi connectivity index (χ0) is 4.83. The van der Waals surface area contributed by atoms with Crippen molar-refractivity contribution in [3.63, 3.8) is 0 Å². The maximum Gasteiger partial charge on any atom is 0.307 e. The summed E-state index contributed by atoms with van der Waals surface area (Å²) in [5.41, 5.74) is 0. The molecule has 0 spiro atoms. The van der Waals surface area contributed by atoms with Crippen LogP contribution in [-0.4, -0.2) is 6.47 Å². The highest BCUT2D eigenvalue weighted by Gasteiger charge is 1.56. The summed E-state index contributed by atoms with van der Waals surface area (Å²) >= 11 is 0. The second kappa shape index (κ2) is 4.03. The lowest BCUT2D eigenvalue weighted by Gasteiger charge is -1.67. The van der Waals surface area contributed by atoms with E-state index in [2.05, 4.69) is 16.8 Å². The third kappa shape index (κ3) is 3.03. The molecule has 0 heterocycles. The van der Waals surface area contributed by atoms with Gasteiger partial charge in [-0.25, -0.2) is 0 Å². The molecule has 0 rings (SSSR count). The number of carbonyl (C=O) groups excluding carboxylic acids is 1. The maximum atomic E-state index is 9.24. The Morgan fingerprint density at radius 3 is 2.67 bits per heavy atom. The average Bonchev–Trinajstić information content (AvgIpc) is 1.61. The molecule has 2 nitrogen and oxygen atoms in total. The van der Waals surface area contributed by atoms with Crippen molar-refractivity contribution in [3.8, 4) is 12.0 Å². The molecule has 6 heavy (non-hydrogen) atoms. The molecule has 0 aromatic heterocycles. The van der Waals surface area contributed by atoms with Gasteiger partial charge in [0.2, 0.25) is 0 Å². The molecular weight excluding hydrogens is 80.0 g/mol. The number of hydrogen-bond acceptors (Lipinski definition) is 2. The average molecular weight is 84.1 g/mol. The van der Waals surface area contributed by atoms with E-state index < -0.39 is 0 Å². The van der Waals surface area contributed by atoms with Crippen molar-refractivity contribution in [1.82, 2.24) is 0 Å². The molecule has 0 aromatic rings. The van der Waals surface area contributed by atoms with Crippen LogP contribution in [0.4, 0.5) is 0 Å². The van der Waals surface area contributed by atoms with Crippen LogP contribution in [0, 0.1) is 12.0 Å². The Hall–Kier alpha value is -0.970. The van der Waals surface area contributed by atoms with Crippen molar-refractivity contribution in [2.24, 2.45) is 0 Å². The summed E-state index contributed by atoms with van der Waals surface area (Å²) in [5.74, 6) is 2.37. The highest BCUT2D eigenvalue weighted by Crippen LogP contribution is 1.52. The molecule has 0 amide bonds. The Kier molecular flexibility index (Phi) is 3.38. The van der Waals surface area contributed by atoms with E-state index in [-0.39, 0.29) is 6.47 Å². The topological polar surface area (TPSA) is 26.3 Å². The summed E-state index contributed by atoms with van der Waals surface area (Å²) in [6.07, 6.45) is 2.08. The Bertz CT molecular complexity index is 85.5. The van der Waals surface area contributed by atoms with E-state index in [0.29, 0.717) is 0 Å². The van der Waals surface area contributed by atoms with Crippen LogP contribution in [0.3, 0.4) is 0 Å². The monoisotopic (exact) mass is 84.0 g/mol. The van der Waals surface area contributed by atoms with E-state index in [1.165, 1.54) is 0 Å². The predicted molar refractivity (Wildman–Crippen MR) is 20.6 cm³/mol. The SMILES string of the molecule is CC#COC=O. The molecule has 0 bridgehead atoms. The second-order valence-electron chi connectivity index (χ2n) is 0.566. The molecule has 32 valence electrons. The normalized spacial score (nSPS) is 4.83. The lowest BCUT2D eigenvalue weighted by atomic mass is 10.8. The van der Waals surface area contributed by atoms with Gasteiger partial charge in [-0.05, 0) is 0 Å².